The summed E-state index contributed by atoms with van der Waals surface area (Å²) in [5, 5.41) is 9.57. The third kappa shape index (κ3) is 2.24. The third-order valence-corrected chi connectivity index (χ3v) is 6.61. The van der Waals surface area contributed by atoms with Crippen molar-refractivity contribution in [1.29, 1.82) is 0 Å². The quantitative estimate of drug-likeness (QED) is 0.262. The lowest BCUT2D eigenvalue weighted by molar-refractivity contribution is 1.29. The lowest BCUT2D eigenvalue weighted by atomic mass is 9.89. The molecule has 0 saturated carbocycles. The Balaban J connectivity index is 2.39. The van der Waals surface area contributed by atoms with Gasteiger partial charge in [-0.3, -0.25) is 0 Å². The fourth-order valence-corrected chi connectivity index (χ4v) is 5.01. The monoisotopic (exact) mass is 360 g/mol. The number of hydrogen-bond acceptors (Lipinski definition) is 2. The van der Waals surface area contributed by atoms with Gasteiger partial charge >= 0.3 is 0 Å². The number of aryl methyl sites for hydroxylation is 2. The van der Waals surface area contributed by atoms with Crippen LogP contribution in [-0.2, 0) is 0 Å². The number of rotatable bonds is 1. The maximum atomic E-state index is 4.67. The van der Waals surface area contributed by atoms with Gasteiger partial charge in [0.25, 0.3) is 0 Å². The van der Waals surface area contributed by atoms with Crippen molar-refractivity contribution in [3.05, 3.63) is 58.0 Å². The van der Waals surface area contributed by atoms with E-state index in [2.05, 4.69) is 82.3 Å². The van der Waals surface area contributed by atoms with E-state index in [1.165, 1.54) is 43.0 Å². The normalized spacial score (nSPS) is 11.7. The van der Waals surface area contributed by atoms with E-state index in [4.69, 9.17) is 0 Å². The summed E-state index contributed by atoms with van der Waals surface area (Å²) in [5.41, 5.74) is 2.57. The molecule has 0 aromatic heterocycles. The molecule has 0 spiro atoms. The number of hydrogen-bond donors (Lipinski definition) is 1. The zero-order valence-corrected chi connectivity index (χ0v) is 16.4. The topological polar surface area (TPSA) is 0 Å². The van der Waals surface area contributed by atoms with E-state index < -0.39 is 0 Å². The van der Waals surface area contributed by atoms with Gasteiger partial charge in [-0.15, -0.1) is 24.4 Å². The standard InChI is InChI=1S/C23H20S2/c1-12-16-8-6-7-9-17(16)13(2)23-15(4)19-11-21(25-5)20(24)10-18(19)14(3)22(12)23/h6-11,24H,3-4H2,1-2,5H3. The molecule has 25 heavy (non-hydrogen) atoms. The minimum Gasteiger partial charge on any atom is -0.142 e. The first-order valence-electron chi connectivity index (χ1n) is 8.28. The molecule has 0 aliphatic rings. The summed E-state index contributed by atoms with van der Waals surface area (Å²) in [4.78, 5) is 2.17. The van der Waals surface area contributed by atoms with Crippen molar-refractivity contribution in [3.8, 4) is 0 Å². The molecule has 4 rings (SSSR count). The molecule has 124 valence electrons. The van der Waals surface area contributed by atoms with Crippen LogP contribution in [0, 0.1) is 13.8 Å². The highest BCUT2D eigenvalue weighted by Gasteiger charge is 2.14. The molecule has 0 radical (unpaired) electrons. The molecule has 0 unspecified atom stereocenters. The van der Waals surface area contributed by atoms with Crippen molar-refractivity contribution in [2.24, 2.45) is 0 Å². The minimum atomic E-state index is 0.999. The number of benzene rings is 4. The summed E-state index contributed by atoms with van der Waals surface area (Å²) in [6.07, 6.45) is 2.08. The Bertz CT molecular complexity index is 1280. The lowest BCUT2D eigenvalue weighted by Crippen LogP contribution is -2.15. The van der Waals surface area contributed by atoms with Crippen LogP contribution in [-0.4, -0.2) is 6.26 Å². The summed E-state index contributed by atoms with van der Waals surface area (Å²) in [6.45, 7) is 13.3. The summed E-state index contributed by atoms with van der Waals surface area (Å²) in [6, 6.07) is 13.0. The molecule has 0 atom stereocenters. The van der Waals surface area contributed by atoms with Gasteiger partial charge in [0.15, 0.2) is 0 Å². The summed E-state index contributed by atoms with van der Waals surface area (Å²) in [7, 11) is 0. The summed E-state index contributed by atoms with van der Waals surface area (Å²) in [5.74, 6) is 0. The fourth-order valence-electron chi connectivity index (χ4n) is 4.04. The Labute approximate surface area is 157 Å². The van der Waals surface area contributed by atoms with Gasteiger partial charge < -0.3 is 0 Å². The molecule has 0 aliphatic heterocycles. The van der Waals surface area contributed by atoms with Gasteiger partial charge in [-0.25, -0.2) is 0 Å². The Morgan fingerprint density at radius 1 is 0.800 bits per heavy atom. The summed E-state index contributed by atoms with van der Waals surface area (Å²) < 4.78 is 0. The molecular weight excluding hydrogens is 340 g/mol. The Morgan fingerprint density at radius 2 is 1.28 bits per heavy atom. The van der Waals surface area contributed by atoms with Crippen molar-refractivity contribution in [2.45, 2.75) is 23.6 Å². The second-order valence-electron chi connectivity index (χ2n) is 6.57. The van der Waals surface area contributed by atoms with Gasteiger partial charge in [-0.2, -0.15) is 0 Å². The predicted molar refractivity (Wildman–Crippen MR) is 118 cm³/mol. The molecule has 4 aromatic rings. The molecule has 0 amide bonds. The van der Waals surface area contributed by atoms with Gasteiger partial charge in [0.1, 0.15) is 0 Å². The van der Waals surface area contributed by atoms with Crippen LogP contribution < -0.4 is 10.4 Å². The van der Waals surface area contributed by atoms with Crippen molar-refractivity contribution in [3.63, 3.8) is 0 Å². The molecule has 0 aliphatic carbocycles. The summed E-state index contributed by atoms with van der Waals surface area (Å²) >= 11 is 6.38. The molecule has 0 nitrogen and oxygen atoms in total. The van der Waals surface area contributed by atoms with Crippen molar-refractivity contribution >= 4 is 69.9 Å². The molecule has 4 aromatic carbocycles. The predicted octanol–water partition coefficient (Wildman–Crippen LogP) is 5.59. The van der Waals surface area contributed by atoms with E-state index in [0.717, 1.165) is 20.7 Å². The maximum Gasteiger partial charge on any atom is 0.0209 e. The first kappa shape index (κ1) is 16.6. The molecular formula is C23H20S2. The van der Waals surface area contributed by atoms with E-state index in [1.807, 2.05) is 0 Å². The Hall–Kier alpha value is -1.90. The molecule has 2 heteroatoms. The number of thiol groups is 1. The highest BCUT2D eigenvalue weighted by molar-refractivity contribution is 7.99. The van der Waals surface area contributed by atoms with Gasteiger partial charge in [0.05, 0.1) is 0 Å². The molecule has 0 heterocycles. The van der Waals surface area contributed by atoms with Crippen molar-refractivity contribution < 1.29 is 0 Å². The van der Waals surface area contributed by atoms with Crippen LogP contribution in [0.1, 0.15) is 11.1 Å². The van der Waals surface area contributed by atoms with E-state index >= 15 is 0 Å². The van der Waals surface area contributed by atoms with Crippen LogP contribution in [0.3, 0.4) is 0 Å². The van der Waals surface area contributed by atoms with Crippen LogP contribution in [0.4, 0.5) is 0 Å². The smallest absolute Gasteiger partial charge is 0.0209 e. The van der Waals surface area contributed by atoms with E-state index in [1.54, 1.807) is 11.8 Å². The van der Waals surface area contributed by atoms with Gasteiger partial charge in [0.2, 0.25) is 0 Å². The highest BCUT2D eigenvalue weighted by atomic mass is 32.2. The highest BCUT2D eigenvalue weighted by Crippen LogP contribution is 2.32. The minimum absolute atomic E-state index is 0.999. The zero-order valence-electron chi connectivity index (χ0n) is 14.7. The van der Waals surface area contributed by atoms with Crippen LogP contribution in [0.25, 0.3) is 45.5 Å². The van der Waals surface area contributed by atoms with Gasteiger partial charge in [0, 0.05) is 9.79 Å². The largest absolute Gasteiger partial charge is 0.142 e. The first-order chi connectivity index (χ1) is 12.0. The van der Waals surface area contributed by atoms with Crippen LogP contribution >= 0.6 is 24.4 Å². The second-order valence-corrected chi connectivity index (χ2v) is 7.90. The van der Waals surface area contributed by atoms with Crippen LogP contribution in [0.5, 0.6) is 0 Å². The third-order valence-electron chi connectivity index (χ3n) is 5.31. The van der Waals surface area contributed by atoms with Crippen molar-refractivity contribution in [1.82, 2.24) is 0 Å². The molecule has 0 fully saturated rings. The van der Waals surface area contributed by atoms with Gasteiger partial charge in [-0.1, -0.05) is 37.4 Å². The van der Waals surface area contributed by atoms with Crippen molar-refractivity contribution in [2.75, 3.05) is 6.26 Å². The van der Waals surface area contributed by atoms with Gasteiger partial charge in [-0.05, 0) is 86.1 Å². The Morgan fingerprint density at radius 3 is 1.76 bits per heavy atom. The zero-order chi connectivity index (χ0) is 17.9. The molecule has 0 bridgehead atoms. The lowest BCUT2D eigenvalue weighted by Gasteiger charge is -2.16. The fraction of sp³-hybridized carbons (Fsp3) is 0.130. The molecule has 0 saturated heterocycles. The van der Waals surface area contributed by atoms with E-state index in [9.17, 15) is 0 Å². The maximum absolute atomic E-state index is 4.67. The second kappa shape index (κ2) is 5.82. The van der Waals surface area contributed by atoms with E-state index in [0.29, 0.717) is 0 Å². The van der Waals surface area contributed by atoms with Crippen LogP contribution in [0.15, 0.2) is 46.2 Å². The average Bonchev–Trinajstić information content (AvgIpc) is 2.62. The Kier molecular flexibility index (Phi) is 3.86. The SMILES string of the molecule is C=c1c2cc(S)c(SC)cc2c(=C)c2c(C)c3ccccc3c(C)c12. The first-order valence-corrected chi connectivity index (χ1v) is 9.95. The number of thioether (sulfide) groups is 1. The number of fused-ring (bicyclic) bond motifs is 3. The molecule has 0 N–H and O–H groups in total. The van der Waals surface area contributed by atoms with Crippen LogP contribution in [0.2, 0.25) is 0 Å². The average molecular weight is 361 g/mol. The van der Waals surface area contributed by atoms with E-state index in [-0.39, 0.29) is 0 Å².